The number of rotatable bonds is 3. The lowest BCUT2D eigenvalue weighted by Crippen LogP contribution is -2.11. The molecular weight excluding hydrogens is 218 g/mol. The van der Waals surface area contributed by atoms with Crippen molar-refractivity contribution in [3.05, 3.63) is 36.4 Å². The number of anilines is 1. The van der Waals surface area contributed by atoms with E-state index in [2.05, 4.69) is 60.2 Å². The smallest absolute Gasteiger partial charge is 0.0441 e. The minimum absolute atomic E-state index is 1.14. The first-order valence-electron chi connectivity index (χ1n) is 5.05. The Labute approximate surface area is 99.7 Å². The first kappa shape index (κ1) is 11.3. The second-order valence-electron chi connectivity index (χ2n) is 3.74. The van der Waals surface area contributed by atoms with Gasteiger partial charge in [0.15, 0.2) is 0 Å². The fourth-order valence-electron chi connectivity index (χ4n) is 1.81. The number of hydrazine groups is 1. The summed E-state index contributed by atoms with van der Waals surface area (Å²) in [5.41, 5.74) is 1.22. The van der Waals surface area contributed by atoms with E-state index < -0.39 is 0 Å². The quantitative estimate of drug-likeness (QED) is 0.485. The highest BCUT2D eigenvalue weighted by molar-refractivity contribution is 7.97. The van der Waals surface area contributed by atoms with Crippen LogP contribution in [-0.2, 0) is 0 Å². The predicted molar refractivity (Wildman–Crippen MR) is 71.5 cm³/mol. The molecule has 0 aliphatic rings. The predicted octanol–water partition coefficient (Wildman–Crippen LogP) is 2.38. The zero-order valence-electron chi connectivity index (χ0n) is 9.40. The summed E-state index contributed by atoms with van der Waals surface area (Å²) in [6.45, 7) is 0. The van der Waals surface area contributed by atoms with Gasteiger partial charge in [-0.25, -0.2) is 0 Å². The molecule has 0 atom stereocenters. The van der Waals surface area contributed by atoms with Crippen LogP contribution in [0.25, 0.3) is 10.8 Å². The third-order valence-electron chi connectivity index (χ3n) is 2.51. The maximum absolute atomic E-state index is 5.35. The highest BCUT2D eigenvalue weighted by Crippen LogP contribution is 2.31. The van der Waals surface area contributed by atoms with Crippen molar-refractivity contribution in [1.82, 2.24) is 4.83 Å². The van der Waals surface area contributed by atoms with Gasteiger partial charge in [-0.15, -0.1) is 0 Å². The molecule has 2 rings (SSSR count). The number of hydrogen-bond acceptors (Lipinski definition) is 4. The van der Waals surface area contributed by atoms with E-state index in [1.54, 1.807) is 0 Å². The summed E-state index contributed by atoms with van der Waals surface area (Å²) in [4.78, 5) is 5.89. The van der Waals surface area contributed by atoms with Crippen molar-refractivity contribution < 1.29 is 0 Å². The van der Waals surface area contributed by atoms with E-state index in [4.69, 9.17) is 5.84 Å². The zero-order valence-corrected chi connectivity index (χ0v) is 10.2. The maximum Gasteiger partial charge on any atom is 0.0441 e. The lowest BCUT2D eigenvalue weighted by Gasteiger charge is -2.16. The SMILES string of the molecule is CN(C)c1cccc2c(SNN)cccc12. The van der Waals surface area contributed by atoms with E-state index >= 15 is 0 Å². The van der Waals surface area contributed by atoms with Crippen LogP contribution in [0.15, 0.2) is 41.3 Å². The molecule has 0 spiro atoms. The van der Waals surface area contributed by atoms with Crippen molar-refractivity contribution in [2.45, 2.75) is 4.90 Å². The van der Waals surface area contributed by atoms with Gasteiger partial charge >= 0.3 is 0 Å². The van der Waals surface area contributed by atoms with Crippen LogP contribution in [0.3, 0.4) is 0 Å². The zero-order chi connectivity index (χ0) is 11.5. The Balaban J connectivity index is 2.66. The molecule has 0 aromatic heterocycles. The van der Waals surface area contributed by atoms with Gasteiger partial charge in [0.25, 0.3) is 0 Å². The Bertz CT molecular complexity index is 497. The highest BCUT2D eigenvalue weighted by Gasteiger charge is 2.05. The second-order valence-corrected chi connectivity index (χ2v) is 4.62. The molecule has 0 aliphatic carbocycles. The lowest BCUT2D eigenvalue weighted by molar-refractivity contribution is 1.12. The number of nitrogens with one attached hydrogen (secondary N) is 1. The minimum atomic E-state index is 1.14. The third kappa shape index (κ3) is 2.00. The third-order valence-corrected chi connectivity index (χ3v) is 3.20. The molecule has 2 aromatic carbocycles. The van der Waals surface area contributed by atoms with E-state index in [9.17, 15) is 0 Å². The van der Waals surface area contributed by atoms with E-state index in [0.29, 0.717) is 0 Å². The Morgan fingerprint density at radius 3 is 2.44 bits per heavy atom. The summed E-state index contributed by atoms with van der Waals surface area (Å²) in [7, 11) is 4.10. The van der Waals surface area contributed by atoms with Gasteiger partial charge in [0, 0.05) is 30.1 Å². The van der Waals surface area contributed by atoms with Gasteiger partial charge in [-0.1, -0.05) is 24.3 Å². The molecule has 0 heterocycles. The molecule has 0 bridgehead atoms. The molecule has 0 radical (unpaired) electrons. The van der Waals surface area contributed by atoms with Crippen LogP contribution >= 0.6 is 11.9 Å². The first-order chi connectivity index (χ1) is 7.74. The molecule has 0 saturated carbocycles. The molecule has 3 nitrogen and oxygen atoms in total. The van der Waals surface area contributed by atoms with Gasteiger partial charge < -0.3 is 4.90 Å². The molecule has 0 amide bonds. The molecule has 16 heavy (non-hydrogen) atoms. The average molecular weight is 233 g/mol. The van der Waals surface area contributed by atoms with Gasteiger partial charge in [0.1, 0.15) is 0 Å². The molecule has 0 saturated heterocycles. The average Bonchev–Trinajstić information content (AvgIpc) is 2.29. The Morgan fingerprint density at radius 1 is 1.06 bits per heavy atom. The summed E-state index contributed by atoms with van der Waals surface area (Å²) >= 11 is 1.43. The van der Waals surface area contributed by atoms with Crippen LogP contribution in [0.4, 0.5) is 5.69 Å². The van der Waals surface area contributed by atoms with Crippen LogP contribution in [0.2, 0.25) is 0 Å². The lowest BCUT2D eigenvalue weighted by atomic mass is 10.1. The Hall–Kier alpha value is -1.23. The van der Waals surface area contributed by atoms with Crippen molar-refractivity contribution in [1.29, 1.82) is 0 Å². The number of nitrogens with zero attached hydrogens (tertiary/aromatic N) is 1. The van der Waals surface area contributed by atoms with Gasteiger partial charge in [0.05, 0.1) is 0 Å². The van der Waals surface area contributed by atoms with Gasteiger partial charge in [-0.05, 0) is 29.5 Å². The fourth-order valence-corrected chi connectivity index (χ4v) is 2.37. The van der Waals surface area contributed by atoms with E-state index in [1.807, 2.05) is 0 Å². The molecule has 0 fully saturated rings. The van der Waals surface area contributed by atoms with Crippen molar-refractivity contribution in [3.63, 3.8) is 0 Å². The van der Waals surface area contributed by atoms with Crippen LogP contribution < -0.4 is 15.6 Å². The summed E-state index contributed by atoms with van der Waals surface area (Å²) < 4.78 is 0. The summed E-state index contributed by atoms with van der Waals surface area (Å²) in [6, 6.07) is 12.5. The van der Waals surface area contributed by atoms with E-state index in [-0.39, 0.29) is 0 Å². The van der Waals surface area contributed by atoms with Crippen LogP contribution in [0.5, 0.6) is 0 Å². The van der Waals surface area contributed by atoms with E-state index in [0.717, 1.165) is 4.90 Å². The monoisotopic (exact) mass is 233 g/mol. The standard InChI is InChI=1S/C12H15N3S/c1-15(2)11-7-3-6-10-9(11)5-4-8-12(10)16-14-13/h3-8,14H,13H2,1-2H3. The topological polar surface area (TPSA) is 41.3 Å². The summed E-state index contributed by atoms with van der Waals surface area (Å²) in [6.07, 6.45) is 0. The summed E-state index contributed by atoms with van der Waals surface area (Å²) in [5, 5.41) is 2.46. The molecule has 4 heteroatoms. The number of nitrogens with two attached hydrogens (primary N) is 1. The molecular formula is C12H15N3S. The van der Waals surface area contributed by atoms with Crippen molar-refractivity contribution >= 4 is 28.4 Å². The largest absolute Gasteiger partial charge is 0.377 e. The Morgan fingerprint density at radius 2 is 1.75 bits per heavy atom. The van der Waals surface area contributed by atoms with E-state index in [1.165, 1.54) is 28.4 Å². The van der Waals surface area contributed by atoms with Crippen LogP contribution in [-0.4, -0.2) is 14.1 Å². The first-order valence-corrected chi connectivity index (χ1v) is 5.87. The summed E-state index contributed by atoms with van der Waals surface area (Å²) in [5.74, 6) is 5.35. The molecule has 0 unspecified atom stereocenters. The van der Waals surface area contributed by atoms with Crippen LogP contribution in [0, 0.1) is 0 Å². The van der Waals surface area contributed by atoms with Crippen molar-refractivity contribution in [2.24, 2.45) is 5.84 Å². The van der Waals surface area contributed by atoms with Gasteiger partial charge in [-0.3, -0.25) is 5.84 Å². The number of fused-ring (bicyclic) bond motifs is 1. The molecule has 2 aromatic rings. The second kappa shape index (κ2) is 4.74. The van der Waals surface area contributed by atoms with Crippen LogP contribution in [0.1, 0.15) is 0 Å². The number of hydrogen-bond donors (Lipinski definition) is 2. The van der Waals surface area contributed by atoms with Gasteiger partial charge in [0.2, 0.25) is 0 Å². The molecule has 0 aliphatic heterocycles. The Kier molecular flexibility index (Phi) is 3.33. The molecule has 3 N–H and O–H groups in total. The maximum atomic E-state index is 5.35. The normalized spacial score (nSPS) is 10.7. The highest BCUT2D eigenvalue weighted by atomic mass is 32.2. The van der Waals surface area contributed by atoms with Crippen molar-refractivity contribution in [3.8, 4) is 0 Å². The molecule has 84 valence electrons. The number of benzene rings is 2. The van der Waals surface area contributed by atoms with Crippen molar-refractivity contribution in [2.75, 3.05) is 19.0 Å². The minimum Gasteiger partial charge on any atom is -0.377 e. The fraction of sp³-hybridized carbons (Fsp3) is 0.167. The van der Waals surface area contributed by atoms with Gasteiger partial charge in [-0.2, -0.15) is 4.83 Å².